The minimum absolute atomic E-state index is 0.250. The lowest BCUT2D eigenvalue weighted by atomic mass is 10.1. The molecule has 1 unspecified atom stereocenters. The molecule has 2 aromatic carbocycles. The molecule has 0 amide bonds. The first-order chi connectivity index (χ1) is 16.1. The van der Waals surface area contributed by atoms with Crippen LogP contribution < -0.4 is 9.47 Å². The molecular formula is C26H27ClN2O3S. The molecule has 1 saturated heterocycles. The van der Waals surface area contributed by atoms with Gasteiger partial charge in [0, 0.05) is 36.1 Å². The first-order valence-corrected chi connectivity index (χ1v) is 12.6. The Morgan fingerprint density at radius 3 is 2.79 bits per heavy atom. The van der Waals surface area contributed by atoms with Crippen LogP contribution in [0.2, 0.25) is 5.02 Å². The van der Waals surface area contributed by atoms with Gasteiger partial charge in [-0.2, -0.15) is 0 Å². The summed E-state index contributed by atoms with van der Waals surface area (Å²) >= 11 is 7.71. The van der Waals surface area contributed by atoms with Crippen molar-refractivity contribution in [1.29, 1.82) is 0 Å². The van der Waals surface area contributed by atoms with Gasteiger partial charge in [0.2, 0.25) is 0 Å². The van der Waals surface area contributed by atoms with Crippen LogP contribution in [0.15, 0.2) is 64.5 Å². The van der Waals surface area contributed by atoms with E-state index in [-0.39, 0.29) is 6.10 Å². The van der Waals surface area contributed by atoms with E-state index in [1.165, 1.54) is 0 Å². The summed E-state index contributed by atoms with van der Waals surface area (Å²) in [5.74, 6) is 2.14. The van der Waals surface area contributed by atoms with Crippen LogP contribution in [0.4, 0.5) is 0 Å². The van der Waals surface area contributed by atoms with Crippen LogP contribution in [-0.2, 0) is 0 Å². The van der Waals surface area contributed by atoms with Crippen LogP contribution in [0.1, 0.15) is 19.8 Å². The third-order valence-corrected chi connectivity index (χ3v) is 7.06. The van der Waals surface area contributed by atoms with E-state index in [2.05, 4.69) is 17.0 Å². The number of halogens is 1. The summed E-state index contributed by atoms with van der Waals surface area (Å²) in [5.41, 5.74) is 2.72. The van der Waals surface area contributed by atoms with Crippen molar-refractivity contribution in [1.82, 2.24) is 10.1 Å². The zero-order chi connectivity index (χ0) is 22.6. The lowest BCUT2D eigenvalue weighted by Gasteiger charge is -2.33. The van der Waals surface area contributed by atoms with Crippen LogP contribution in [-0.4, -0.2) is 42.4 Å². The van der Waals surface area contributed by atoms with E-state index in [0.29, 0.717) is 17.5 Å². The second-order valence-corrected chi connectivity index (χ2v) is 10.0. The normalized spacial score (nSPS) is 16.2. The largest absolute Gasteiger partial charge is 0.493 e. The zero-order valence-electron chi connectivity index (χ0n) is 18.6. The SMILES string of the molecule is CC(COc1cccc(-c2noc3ccsc23)c1)CN1CCC(Oc2cccc(Cl)c2)CC1. The molecule has 1 atom stereocenters. The van der Waals surface area contributed by atoms with E-state index in [0.717, 1.165) is 65.5 Å². The average Bonchev–Trinajstić information content (AvgIpc) is 3.44. The predicted octanol–water partition coefficient (Wildman–Crippen LogP) is 6.77. The molecule has 0 spiro atoms. The molecule has 0 N–H and O–H groups in total. The molecule has 0 bridgehead atoms. The van der Waals surface area contributed by atoms with Crippen molar-refractivity contribution in [3.63, 3.8) is 0 Å². The second kappa shape index (κ2) is 10.2. The van der Waals surface area contributed by atoms with Crippen LogP contribution in [0.3, 0.4) is 0 Å². The Morgan fingerprint density at radius 2 is 1.94 bits per heavy atom. The summed E-state index contributed by atoms with van der Waals surface area (Å²) in [7, 11) is 0. The number of nitrogens with zero attached hydrogens (tertiary/aromatic N) is 2. The molecule has 4 aromatic rings. The Morgan fingerprint density at radius 1 is 1.12 bits per heavy atom. The maximum absolute atomic E-state index is 6.13. The van der Waals surface area contributed by atoms with Crippen molar-refractivity contribution in [3.8, 4) is 22.8 Å². The zero-order valence-corrected chi connectivity index (χ0v) is 20.1. The van der Waals surface area contributed by atoms with Gasteiger partial charge in [0.1, 0.15) is 28.0 Å². The maximum atomic E-state index is 6.13. The minimum atomic E-state index is 0.250. The topological polar surface area (TPSA) is 47.7 Å². The van der Waals surface area contributed by atoms with Gasteiger partial charge in [0.25, 0.3) is 0 Å². The molecule has 0 radical (unpaired) electrons. The highest BCUT2D eigenvalue weighted by atomic mass is 35.5. The van der Waals surface area contributed by atoms with Gasteiger partial charge in [0.05, 0.1) is 6.61 Å². The lowest BCUT2D eigenvalue weighted by Crippen LogP contribution is -2.41. The van der Waals surface area contributed by atoms with Gasteiger partial charge in [0.15, 0.2) is 5.58 Å². The highest BCUT2D eigenvalue weighted by Gasteiger charge is 2.22. The molecule has 5 nitrogen and oxygen atoms in total. The van der Waals surface area contributed by atoms with Crippen molar-refractivity contribution < 1.29 is 14.0 Å². The number of hydrogen-bond donors (Lipinski definition) is 0. The summed E-state index contributed by atoms with van der Waals surface area (Å²) < 4.78 is 18.7. The van der Waals surface area contributed by atoms with Crippen molar-refractivity contribution >= 4 is 33.2 Å². The Labute approximate surface area is 202 Å². The minimum Gasteiger partial charge on any atom is -0.493 e. The summed E-state index contributed by atoms with van der Waals surface area (Å²) in [5, 5.41) is 6.97. The molecule has 1 aliphatic rings. The van der Waals surface area contributed by atoms with Gasteiger partial charge in [-0.1, -0.05) is 41.9 Å². The van der Waals surface area contributed by atoms with Crippen molar-refractivity contribution in [2.45, 2.75) is 25.9 Å². The Hall–Kier alpha value is -2.54. The monoisotopic (exact) mass is 482 g/mol. The van der Waals surface area contributed by atoms with E-state index < -0.39 is 0 Å². The van der Waals surface area contributed by atoms with Gasteiger partial charge in [-0.05, 0) is 54.6 Å². The third kappa shape index (κ3) is 5.52. The number of fused-ring (bicyclic) bond motifs is 1. The van der Waals surface area contributed by atoms with Gasteiger partial charge >= 0.3 is 0 Å². The Kier molecular flexibility index (Phi) is 6.85. The number of piperidine rings is 1. The number of rotatable bonds is 8. The van der Waals surface area contributed by atoms with Crippen LogP contribution >= 0.6 is 22.9 Å². The predicted molar refractivity (Wildman–Crippen MR) is 134 cm³/mol. The van der Waals surface area contributed by atoms with E-state index in [1.54, 1.807) is 11.3 Å². The van der Waals surface area contributed by atoms with Crippen molar-refractivity contribution in [2.24, 2.45) is 5.92 Å². The number of aromatic nitrogens is 1. The van der Waals surface area contributed by atoms with E-state index in [9.17, 15) is 0 Å². The fraction of sp³-hybridized carbons (Fsp3) is 0.346. The fourth-order valence-electron chi connectivity index (χ4n) is 4.27. The standard InChI is InChI=1S/C26H27ClN2O3S/c1-18(16-29-11-8-21(9-12-29)31-23-7-3-5-20(27)15-23)17-30-22-6-2-4-19(14-22)25-26-24(32-28-25)10-13-33-26/h2-7,10,13-15,18,21H,8-9,11-12,16-17H2,1H3. The van der Waals surface area contributed by atoms with Gasteiger partial charge in [-0.25, -0.2) is 0 Å². The van der Waals surface area contributed by atoms with Crippen LogP contribution in [0.25, 0.3) is 21.5 Å². The lowest BCUT2D eigenvalue weighted by molar-refractivity contribution is 0.0862. The molecule has 5 rings (SSSR count). The summed E-state index contributed by atoms with van der Waals surface area (Å²) in [4.78, 5) is 2.51. The maximum Gasteiger partial charge on any atom is 0.178 e. The summed E-state index contributed by atoms with van der Waals surface area (Å²) in [6.45, 7) is 6.01. The van der Waals surface area contributed by atoms with Gasteiger partial charge < -0.3 is 18.9 Å². The Balaban J connectivity index is 1.09. The molecule has 3 heterocycles. The number of likely N-dealkylation sites (tertiary alicyclic amines) is 1. The van der Waals surface area contributed by atoms with E-state index in [4.69, 9.17) is 25.6 Å². The number of ether oxygens (including phenoxy) is 2. The third-order valence-electron chi connectivity index (χ3n) is 5.92. The molecule has 172 valence electrons. The molecule has 0 saturated carbocycles. The molecule has 7 heteroatoms. The number of benzene rings is 2. The quantitative estimate of drug-likeness (QED) is 0.277. The molecule has 1 fully saturated rings. The van der Waals surface area contributed by atoms with Gasteiger partial charge in [-0.15, -0.1) is 11.3 Å². The van der Waals surface area contributed by atoms with Crippen molar-refractivity contribution in [2.75, 3.05) is 26.2 Å². The molecule has 33 heavy (non-hydrogen) atoms. The van der Waals surface area contributed by atoms with E-state index in [1.807, 2.05) is 60.0 Å². The number of thiophene rings is 1. The van der Waals surface area contributed by atoms with Gasteiger partial charge in [-0.3, -0.25) is 0 Å². The first-order valence-electron chi connectivity index (χ1n) is 11.3. The molecule has 0 aliphatic carbocycles. The first kappa shape index (κ1) is 22.3. The highest BCUT2D eigenvalue weighted by Crippen LogP contribution is 2.33. The van der Waals surface area contributed by atoms with Crippen molar-refractivity contribution in [3.05, 3.63) is 65.0 Å². The van der Waals surface area contributed by atoms with Crippen LogP contribution in [0.5, 0.6) is 11.5 Å². The summed E-state index contributed by atoms with van der Waals surface area (Å²) in [6, 6.07) is 17.7. The fourth-order valence-corrected chi connectivity index (χ4v) is 5.27. The molecule has 1 aliphatic heterocycles. The average molecular weight is 483 g/mol. The second-order valence-electron chi connectivity index (χ2n) is 8.66. The highest BCUT2D eigenvalue weighted by molar-refractivity contribution is 7.17. The molecule has 2 aromatic heterocycles. The summed E-state index contributed by atoms with van der Waals surface area (Å²) in [6.07, 6.45) is 2.30. The van der Waals surface area contributed by atoms with Crippen LogP contribution in [0, 0.1) is 5.92 Å². The Bertz CT molecular complexity index is 1200. The molecular weight excluding hydrogens is 456 g/mol. The smallest absolute Gasteiger partial charge is 0.178 e. The number of hydrogen-bond acceptors (Lipinski definition) is 6. The van der Waals surface area contributed by atoms with E-state index >= 15 is 0 Å².